The van der Waals surface area contributed by atoms with Gasteiger partial charge in [0.2, 0.25) is 0 Å². The summed E-state index contributed by atoms with van der Waals surface area (Å²) in [7, 11) is 1.83. The first kappa shape index (κ1) is 16.5. The van der Waals surface area contributed by atoms with Crippen LogP contribution in [-0.2, 0) is 17.7 Å². The molecule has 3 heteroatoms. The summed E-state index contributed by atoms with van der Waals surface area (Å²) in [6, 6.07) is 9.12. The van der Waals surface area contributed by atoms with E-state index >= 15 is 0 Å². The van der Waals surface area contributed by atoms with Gasteiger partial charge in [-0.2, -0.15) is 0 Å². The molecule has 0 aliphatic carbocycles. The van der Waals surface area contributed by atoms with Crippen molar-refractivity contribution in [2.45, 2.75) is 45.3 Å². The molecule has 21 heavy (non-hydrogen) atoms. The summed E-state index contributed by atoms with van der Waals surface area (Å²) in [5.74, 6) is 0. The van der Waals surface area contributed by atoms with Gasteiger partial charge in [0.1, 0.15) is 0 Å². The van der Waals surface area contributed by atoms with Crippen molar-refractivity contribution in [3.63, 3.8) is 0 Å². The molecule has 1 heterocycles. The Bertz CT molecular complexity index is 391. The zero-order valence-corrected chi connectivity index (χ0v) is 13.6. The van der Waals surface area contributed by atoms with E-state index in [9.17, 15) is 0 Å². The lowest BCUT2D eigenvalue weighted by Crippen LogP contribution is -2.38. The molecule has 1 N–H and O–H groups in total. The zero-order chi connectivity index (χ0) is 14.9. The molecule has 1 aliphatic heterocycles. The van der Waals surface area contributed by atoms with E-state index in [2.05, 4.69) is 41.4 Å². The van der Waals surface area contributed by atoms with Crippen LogP contribution in [0.5, 0.6) is 0 Å². The minimum atomic E-state index is 0.419. The fourth-order valence-electron chi connectivity index (χ4n) is 2.95. The Hall–Kier alpha value is -0.900. The zero-order valence-electron chi connectivity index (χ0n) is 13.6. The molecule has 1 aliphatic rings. The molecule has 1 aromatic rings. The molecule has 2 rings (SSSR count). The maximum absolute atomic E-state index is 5.49. The Morgan fingerprint density at radius 1 is 1.19 bits per heavy atom. The van der Waals surface area contributed by atoms with Crippen LogP contribution in [0.25, 0.3) is 0 Å². The second kappa shape index (κ2) is 9.19. The van der Waals surface area contributed by atoms with E-state index < -0.39 is 0 Å². The minimum Gasteiger partial charge on any atom is -0.380 e. The van der Waals surface area contributed by atoms with Crippen LogP contribution in [0.3, 0.4) is 0 Å². The highest BCUT2D eigenvalue weighted by Gasteiger charge is 2.19. The third-order valence-electron chi connectivity index (χ3n) is 4.24. The Balaban J connectivity index is 1.76. The predicted molar refractivity (Wildman–Crippen MR) is 88.6 cm³/mol. The molecule has 3 nitrogen and oxygen atoms in total. The average Bonchev–Trinajstić information content (AvgIpc) is 2.53. The van der Waals surface area contributed by atoms with Gasteiger partial charge >= 0.3 is 0 Å². The number of nitrogens with one attached hydrogen (secondary N) is 1. The topological polar surface area (TPSA) is 24.5 Å². The maximum Gasteiger partial charge on any atom is 0.0698 e. The number of rotatable bonds is 8. The van der Waals surface area contributed by atoms with Crippen molar-refractivity contribution in [1.82, 2.24) is 10.2 Å². The van der Waals surface area contributed by atoms with Crippen LogP contribution in [0.2, 0.25) is 0 Å². The Labute approximate surface area is 129 Å². The number of hydrogen-bond acceptors (Lipinski definition) is 3. The molecule has 0 saturated carbocycles. The molecule has 1 atom stereocenters. The highest BCUT2D eigenvalue weighted by molar-refractivity contribution is 5.22. The smallest absolute Gasteiger partial charge is 0.0698 e. The van der Waals surface area contributed by atoms with Gasteiger partial charge in [-0.3, -0.25) is 4.90 Å². The number of benzene rings is 1. The molecule has 1 saturated heterocycles. The summed E-state index contributed by atoms with van der Waals surface area (Å²) in [6.45, 7) is 7.72. The molecule has 0 aromatic heterocycles. The molecule has 1 unspecified atom stereocenters. The van der Waals surface area contributed by atoms with Gasteiger partial charge in [-0.05, 0) is 56.4 Å². The van der Waals surface area contributed by atoms with Crippen molar-refractivity contribution < 1.29 is 4.74 Å². The summed E-state index contributed by atoms with van der Waals surface area (Å²) in [6.07, 6.45) is 5.20. The van der Waals surface area contributed by atoms with Gasteiger partial charge in [-0.25, -0.2) is 0 Å². The van der Waals surface area contributed by atoms with Gasteiger partial charge in [0.15, 0.2) is 0 Å². The second-order valence-corrected chi connectivity index (χ2v) is 6.05. The van der Waals surface area contributed by atoms with Crippen LogP contribution in [0.15, 0.2) is 24.3 Å². The Kier molecular flexibility index (Phi) is 7.20. The van der Waals surface area contributed by atoms with Crippen molar-refractivity contribution in [2.24, 2.45) is 0 Å². The maximum atomic E-state index is 5.49. The van der Waals surface area contributed by atoms with Crippen molar-refractivity contribution in [1.29, 1.82) is 0 Å². The number of piperidine rings is 1. The van der Waals surface area contributed by atoms with Crippen LogP contribution >= 0.6 is 0 Å². The van der Waals surface area contributed by atoms with E-state index in [4.69, 9.17) is 4.74 Å². The van der Waals surface area contributed by atoms with E-state index in [0.717, 1.165) is 32.6 Å². The van der Waals surface area contributed by atoms with Crippen LogP contribution in [0.4, 0.5) is 0 Å². The first-order valence-electron chi connectivity index (χ1n) is 8.35. The molecule has 0 bridgehead atoms. The third kappa shape index (κ3) is 5.77. The molecule has 0 radical (unpaired) electrons. The predicted octanol–water partition coefficient (Wildman–Crippen LogP) is 2.84. The molecule has 1 fully saturated rings. The van der Waals surface area contributed by atoms with E-state index in [1.54, 1.807) is 0 Å². The molecular formula is C18H30N2O. The molecule has 1 aromatic carbocycles. The van der Waals surface area contributed by atoms with Gasteiger partial charge in [-0.15, -0.1) is 0 Å². The van der Waals surface area contributed by atoms with E-state index in [0.29, 0.717) is 6.10 Å². The van der Waals surface area contributed by atoms with Gasteiger partial charge in [0.25, 0.3) is 0 Å². The van der Waals surface area contributed by atoms with Gasteiger partial charge in [0.05, 0.1) is 6.10 Å². The Morgan fingerprint density at radius 2 is 1.95 bits per heavy atom. The number of methoxy groups -OCH3 is 1. The molecular weight excluding hydrogens is 260 g/mol. The number of likely N-dealkylation sites (tertiary alicyclic amines) is 1. The molecule has 0 amide bonds. The van der Waals surface area contributed by atoms with Crippen LogP contribution in [0.1, 0.15) is 37.3 Å². The highest BCUT2D eigenvalue weighted by Crippen LogP contribution is 2.16. The van der Waals surface area contributed by atoms with Crippen LogP contribution in [-0.4, -0.2) is 44.3 Å². The lowest BCUT2D eigenvalue weighted by atomic mass is 10.1. The van der Waals surface area contributed by atoms with Crippen LogP contribution in [0, 0.1) is 0 Å². The summed E-state index contributed by atoms with van der Waals surface area (Å²) < 4.78 is 5.49. The minimum absolute atomic E-state index is 0.419. The number of nitrogens with zero attached hydrogens (tertiary/aromatic N) is 1. The standard InChI is InChI=1S/C18H30N2O/c1-3-11-19-12-10-16-6-8-17(9-7-16)14-20-13-4-5-18(15-20)21-2/h6-9,18-19H,3-5,10-15H2,1-2H3. The lowest BCUT2D eigenvalue weighted by molar-refractivity contribution is 0.0285. The highest BCUT2D eigenvalue weighted by atomic mass is 16.5. The Morgan fingerprint density at radius 3 is 2.67 bits per heavy atom. The monoisotopic (exact) mass is 290 g/mol. The van der Waals surface area contributed by atoms with E-state index in [1.165, 1.54) is 36.9 Å². The quantitative estimate of drug-likeness (QED) is 0.745. The van der Waals surface area contributed by atoms with Crippen molar-refractivity contribution in [3.05, 3.63) is 35.4 Å². The molecule has 0 spiro atoms. The summed E-state index contributed by atoms with van der Waals surface area (Å²) >= 11 is 0. The third-order valence-corrected chi connectivity index (χ3v) is 4.24. The lowest BCUT2D eigenvalue weighted by Gasteiger charge is -2.31. The van der Waals surface area contributed by atoms with Gasteiger partial charge in [0, 0.05) is 20.2 Å². The fourth-order valence-corrected chi connectivity index (χ4v) is 2.95. The van der Waals surface area contributed by atoms with Gasteiger partial charge < -0.3 is 10.1 Å². The largest absolute Gasteiger partial charge is 0.380 e. The normalized spacial score (nSPS) is 19.8. The van der Waals surface area contributed by atoms with Crippen molar-refractivity contribution in [2.75, 3.05) is 33.3 Å². The first-order valence-corrected chi connectivity index (χ1v) is 8.35. The van der Waals surface area contributed by atoms with Crippen molar-refractivity contribution >= 4 is 0 Å². The second-order valence-electron chi connectivity index (χ2n) is 6.05. The summed E-state index contributed by atoms with van der Waals surface area (Å²) in [5.41, 5.74) is 2.84. The SMILES string of the molecule is CCCNCCc1ccc(CN2CCCC(OC)C2)cc1. The average molecular weight is 290 g/mol. The fraction of sp³-hybridized carbons (Fsp3) is 0.667. The summed E-state index contributed by atoms with van der Waals surface area (Å²) in [4.78, 5) is 2.51. The summed E-state index contributed by atoms with van der Waals surface area (Å²) in [5, 5.41) is 3.45. The van der Waals surface area contributed by atoms with Crippen molar-refractivity contribution in [3.8, 4) is 0 Å². The van der Waals surface area contributed by atoms with Gasteiger partial charge in [-0.1, -0.05) is 31.2 Å². The van der Waals surface area contributed by atoms with Crippen LogP contribution < -0.4 is 5.32 Å². The number of ether oxygens (including phenoxy) is 1. The van der Waals surface area contributed by atoms with E-state index in [-0.39, 0.29) is 0 Å². The van der Waals surface area contributed by atoms with E-state index in [1.807, 2.05) is 7.11 Å². The first-order chi connectivity index (χ1) is 10.3. The molecule has 118 valence electrons. The number of hydrogen-bond donors (Lipinski definition) is 1.